The lowest BCUT2D eigenvalue weighted by molar-refractivity contribution is 0.272. The minimum Gasteiger partial charge on any atom is -0.302 e. The first kappa shape index (κ1) is 14.6. The fraction of sp³-hybridized carbons (Fsp3) is 0.333. The van der Waals surface area contributed by atoms with Gasteiger partial charge in [0.1, 0.15) is 10.7 Å². The number of hydrogen-bond acceptors (Lipinski definition) is 5. The minimum atomic E-state index is 0.818. The maximum absolute atomic E-state index is 4.70. The van der Waals surface area contributed by atoms with Crippen LogP contribution in [-0.4, -0.2) is 28.1 Å². The van der Waals surface area contributed by atoms with Gasteiger partial charge in [-0.2, -0.15) is 0 Å². The Bertz CT molecular complexity index is 807. The van der Waals surface area contributed by atoms with Crippen LogP contribution in [0.2, 0.25) is 0 Å². The Kier molecular flexibility index (Phi) is 3.97. The predicted octanol–water partition coefficient (Wildman–Crippen LogP) is 4.48. The van der Waals surface area contributed by atoms with Gasteiger partial charge in [-0.15, -0.1) is 11.3 Å². The molecule has 3 heterocycles. The molecule has 0 unspecified atom stereocenters. The fourth-order valence-electron chi connectivity index (χ4n) is 3.12. The molecule has 2 aromatic heterocycles. The van der Waals surface area contributed by atoms with E-state index >= 15 is 0 Å². The lowest BCUT2D eigenvalue weighted by Crippen LogP contribution is -2.35. The van der Waals surface area contributed by atoms with Crippen molar-refractivity contribution in [1.82, 2.24) is 15.0 Å². The summed E-state index contributed by atoms with van der Waals surface area (Å²) in [5.41, 5.74) is 5.98. The normalized spacial score (nSPS) is 15.9. The molecule has 0 bridgehead atoms. The van der Waals surface area contributed by atoms with Crippen molar-refractivity contribution in [2.75, 3.05) is 18.5 Å². The molecule has 1 N–H and O–H groups in total. The molecule has 0 atom stereocenters. The van der Waals surface area contributed by atoms with Gasteiger partial charge in [0.15, 0.2) is 5.82 Å². The van der Waals surface area contributed by atoms with E-state index in [1.165, 1.54) is 30.4 Å². The van der Waals surface area contributed by atoms with Gasteiger partial charge in [0.25, 0.3) is 0 Å². The smallest absolute Gasteiger partial charge is 0.153 e. The predicted molar refractivity (Wildman–Crippen MR) is 96.6 cm³/mol. The zero-order valence-corrected chi connectivity index (χ0v) is 14.1. The van der Waals surface area contributed by atoms with E-state index in [9.17, 15) is 0 Å². The highest BCUT2D eigenvalue weighted by molar-refractivity contribution is 7.17. The molecule has 1 aromatic carbocycles. The van der Waals surface area contributed by atoms with Crippen LogP contribution in [0.15, 0.2) is 35.7 Å². The number of fused-ring (bicyclic) bond motifs is 1. The Hall–Kier alpha value is -1.98. The van der Waals surface area contributed by atoms with E-state index in [4.69, 9.17) is 4.98 Å². The molecule has 1 aliphatic heterocycles. The van der Waals surface area contributed by atoms with Crippen molar-refractivity contribution in [3.63, 3.8) is 0 Å². The molecule has 0 aliphatic carbocycles. The van der Waals surface area contributed by atoms with Crippen molar-refractivity contribution in [2.24, 2.45) is 0 Å². The number of nitrogens with zero attached hydrogens (tertiary/aromatic N) is 3. The summed E-state index contributed by atoms with van der Waals surface area (Å²) in [6.07, 6.45) is 3.81. The first-order valence-corrected chi connectivity index (χ1v) is 9.02. The summed E-state index contributed by atoms with van der Waals surface area (Å²) in [6, 6.07) is 10.5. The molecule has 0 saturated carbocycles. The van der Waals surface area contributed by atoms with Gasteiger partial charge >= 0.3 is 0 Å². The molecule has 1 fully saturated rings. The van der Waals surface area contributed by atoms with Crippen LogP contribution in [-0.2, 0) is 0 Å². The van der Waals surface area contributed by atoms with Gasteiger partial charge in [-0.1, -0.05) is 36.8 Å². The van der Waals surface area contributed by atoms with Crippen molar-refractivity contribution in [1.29, 1.82) is 0 Å². The van der Waals surface area contributed by atoms with Crippen LogP contribution in [0.25, 0.3) is 21.3 Å². The number of thiophene rings is 1. The quantitative estimate of drug-likeness (QED) is 0.771. The van der Waals surface area contributed by atoms with Crippen molar-refractivity contribution in [3.05, 3.63) is 41.5 Å². The van der Waals surface area contributed by atoms with E-state index < -0.39 is 0 Å². The van der Waals surface area contributed by atoms with Crippen molar-refractivity contribution < 1.29 is 0 Å². The number of benzene rings is 1. The third kappa shape index (κ3) is 2.94. The molecule has 0 radical (unpaired) electrons. The molecule has 5 heteroatoms. The van der Waals surface area contributed by atoms with E-state index in [-0.39, 0.29) is 0 Å². The van der Waals surface area contributed by atoms with Crippen LogP contribution in [0, 0.1) is 6.92 Å². The summed E-state index contributed by atoms with van der Waals surface area (Å²) >= 11 is 1.69. The Morgan fingerprint density at radius 1 is 1.04 bits per heavy atom. The van der Waals surface area contributed by atoms with Gasteiger partial charge in [-0.05, 0) is 25.3 Å². The van der Waals surface area contributed by atoms with E-state index in [1.54, 1.807) is 11.3 Å². The standard InChI is InChI=1S/C18H20N4S/c1-13-19-17(21-22-10-6-3-7-11-22)16-15(12-23-18(16)20-13)14-8-4-2-5-9-14/h2,4-5,8-9,12H,3,6-7,10-11H2,1H3,(H,19,20,21). The number of rotatable bonds is 3. The number of hydrazine groups is 1. The monoisotopic (exact) mass is 324 g/mol. The van der Waals surface area contributed by atoms with Crippen molar-refractivity contribution in [2.45, 2.75) is 26.2 Å². The molecule has 4 rings (SSSR count). The summed E-state index contributed by atoms with van der Waals surface area (Å²) in [4.78, 5) is 10.4. The Labute approximate surface area is 140 Å². The third-order valence-electron chi connectivity index (χ3n) is 4.25. The number of aromatic nitrogens is 2. The van der Waals surface area contributed by atoms with Crippen LogP contribution in [0.5, 0.6) is 0 Å². The van der Waals surface area contributed by atoms with E-state index in [2.05, 4.69) is 45.1 Å². The summed E-state index contributed by atoms with van der Waals surface area (Å²) < 4.78 is 0. The first-order valence-electron chi connectivity index (χ1n) is 8.14. The molecular formula is C18H20N4S. The summed E-state index contributed by atoms with van der Waals surface area (Å²) in [5, 5.41) is 5.62. The van der Waals surface area contributed by atoms with E-state index in [0.717, 1.165) is 34.9 Å². The van der Waals surface area contributed by atoms with Crippen LogP contribution in [0.3, 0.4) is 0 Å². The van der Waals surface area contributed by atoms with Gasteiger partial charge in [0.2, 0.25) is 0 Å². The highest BCUT2D eigenvalue weighted by atomic mass is 32.1. The second-order valence-corrected chi connectivity index (χ2v) is 6.83. The second kappa shape index (κ2) is 6.26. The molecule has 3 aromatic rings. The zero-order chi connectivity index (χ0) is 15.6. The van der Waals surface area contributed by atoms with E-state index in [1.807, 2.05) is 13.0 Å². The lowest BCUT2D eigenvalue weighted by Gasteiger charge is -2.27. The molecule has 4 nitrogen and oxygen atoms in total. The highest BCUT2D eigenvalue weighted by Crippen LogP contribution is 2.37. The molecule has 1 saturated heterocycles. The number of nitrogens with one attached hydrogen (secondary N) is 1. The molecule has 118 valence electrons. The SMILES string of the molecule is Cc1nc(NN2CCCCC2)c2c(-c3ccccc3)csc2n1. The van der Waals surface area contributed by atoms with Gasteiger partial charge in [-0.3, -0.25) is 0 Å². The molecule has 23 heavy (non-hydrogen) atoms. The average molecular weight is 324 g/mol. The van der Waals surface area contributed by atoms with Gasteiger partial charge in [-0.25, -0.2) is 15.0 Å². The van der Waals surface area contributed by atoms with E-state index in [0.29, 0.717) is 0 Å². The molecular weight excluding hydrogens is 304 g/mol. The fourth-order valence-corrected chi connectivity index (χ4v) is 4.11. The second-order valence-electron chi connectivity index (χ2n) is 5.97. The van der Waals surface area contributed by atoms with Crippen LogP contribution < -0.4 is 5.43 Å². The molecule has 0 amide bonds. The minimum absolute atomic E-state index is 0.818. The number of anilines is 1. The maximum atomic E-state index is 4.70. The van der Waals surface area contributed by atoms with Gasteiger partial charge in [0, 0.05) is 24.0 Å². The van der Waals surface area contributed by atoms with Crippen LogP contribution in [0.1, 0.15) is 25.1 Å². The highest BCUT2D eigenvalue weighted by Gasteiger charge is 2.17. The van der Waals surface area contributed by atoms with Crippen molar-refractivity contribution >= 4 is 27.4 Å². The van der Waals surface area contributed by atoms with Crippen LogP contribution in [0.4, 0.5) is 5.82 Å². The molecule has 1 aliphatic rings. The maximum Gasteiger partial charge on any atom is 0.153 e. The van der Waals surface area contributed by atoms with Gasteiger partial charge in [0.05, 0.1) is 5.39 Å². The largest absolute Gasteiger partial charge is 0.302 e. The Balaban J connectivity index is 1.80. The van der Waals surface area contributed by atoms with Crippen molar-refractivity contribution in [3.8, 4) is 11.1 Å². The molecule has 0 spiro atoms. The Morgan fingerprint density at radius 2 is 1.83 bits per heavy atom. The summed E-state index contributed by atoms with van der Waals surface area (Å²) in [6.45, 7) is 4.12. The average Bonchev–Trinajstić information content (AvgIpc) is 3.00. The number of piperidine rings is 1. The first-order chi connectivity index (χ1) is 11.3. The number of hydrogen-bond donors (Lipinski definition) is 1. The summed E-state index contributed by atoms with van der Waals surface area (Å²) in [5.74, 6) is 1.76. The number of aryl methyl sites for hydroxylation is 1. The van der Waals surface area contributed by atoms with Crippen LogP contribution >= 0.6 is 11.3 Å². The van der Waals surface area contributed by atoms with Gasteiger partial charge < -0.3 is 5.43 Å². The topological polar surface area (TPSA) is 41.1 Å². The summed E-state index contributed by atoms with van der Waals surface area (Å²) in [7, 11) is 0. The lowest BCUT2D eigenvalue weighted by atomic mass is 10.1. The third-order valence-corrected chi connectivity index (χ3v) is 5.12. The Morgan fingerprint density at radius 3 is 2.61 bits per heavy atom. The zero-order valence-electron chi connectivity index (χ0n) is 13.2.